The fourth-order valence-corrected chi connectivity index (χ4v) is 7.96. The summed E-state index contributed by atoms with van der Waals surface area (Å²) in [6, 6.07) is 9.91. The number of nitrogen functional groups attached to an aromatic ring is 1. The molecule has 4 fully saturated rings. The summed E-state index contributed by atoms with van der Waals surface area (Å²) < 4.78 is 0.957. The molecule has 0 spiro atoms. The highest BCUT2D eigenvalue weighted by atomic mass is 35.5. The molecule has 4 amide bonds. The van der Waals surface area contributed by atoms with E-state index in [-0.39, 0.29) is 49.6 Å². The van der Waals surface area contributed by atoms with Crippen molar-refractivity contribution < 1.29 is 14.4 Å². The molecule has 15 heteroatoms. The molecule has 238 valence electrons. The number of amides is 4. The van der Waals surface area contributed by atoms with Crippen LogP contribution in [-0.4, -0.2) is 104 Å². The Morgan fingerprint density at radius 2 is 2.00 bits per heavy atom. The molecule has 4 aliphatic rings. The monoisotopic (exact) mass is 671 g/mol. The number of hydrazine groups is 1. The van der Waals surface area contributed by atoms with Crippen molar-refractivity contribution in [1.82, 2.24) is 40.3 Å². The summed E-state index contributed by atoms with van der Waals surface area (Å²) in [6.07, 6.45) is 0.335. The fraction of sp³-hybridized carbons (Fsp3) is 0.467. The fourth-order valence-electron chi connectivity index (χ4n) is 6.86. The molecule has 0 saturated carbocycles. The molecule has 4 aliphatic heterocycles. The van der Waals surface area contributed by atoms with E-state index in [1.807, 2.05) is 42.0 Å². The van der Waals surface area contributed by atoms with E-state index in [1.165, 1.54) is 11.3 Å². The molecule has 5 heterocycles. The largest absolute Gasteiger partial charge is 0.375 e. The molecule has 0 bridgehead atoms. The Morgan fingerprint density at radius 1 is 1.18 bits per heavy atom. The Bertz CT molecular complexity index is 1660. The van der Waals surface area contributed by atoms with Gasteiger partial charge in [-0.25, -0.2) is 9.78 Å². The predicted molar refractivity (Wildman–Crippen MR) is 173 cm³/mol. The number of anilines is 1. The van der Waals surface area contributed by atoms with Crippen molar-refractivity contribution in [3.05, 3.63) is 57.6 Å². The Hall–Kier alpha value is -3.20. The maximum absolute atomic E-state index is 14.2. The average Bonchev–Trinajstić information content (AvgIpc) is 3.26. The van der Waals surface area contributed by atoms with Crippen LogP contribution in [0.4, 0.5) is 9.93 Å². The van der Waals surface area contributed by atoms with Crippen LogP contribution in [0.5, 0.6) is 0 Å². The SMILES string of the molecule is CC(C)N(C(=O)NCc1ccc(Cl)c(Cl)c1)N1CC(=O)N2[C@@H](CC3C[N@@]4C[C@H]4N3)C(=O)N(Cc3cccc4sc(N)nc34)C[C@@H]21. The van der Waals surface area contributed by atoms with Crippen molar-refractivity contribution in [3.8, 4) is 0 Å². The summed E-state index contributed by atoms with van der Waals surface area (Å²) in [7, 11) is 0. The van der Waals surface area contributed by atoms with E-state index in [4.69, 9.17) is 28.9 Å². The van der Waals surface area contributed by atoms with Crippen molar-refractivity contribution >= 4 is 67.7 Å². The zero-order valence-corrected chi connectivity index (χ0v) is 27.3. The molecule has 3 aromatic rings. The van der Waals surface area contributed by atoms with E-state index in [9.17, 15) is 14.4 Å². The number of halogens is 2. The van der Waals surface area contributed by atoms with E-state index in [1.54, 1.807) is 28.1 Å². The number of aromatic nitrogens is 1. The molecular weight excluding hydrogens is 637 g/mol. The highest BCUT2D eigenvalue weighted by molar-refractivity contribution is 7.22. The average molecular weight is 673 g/mol. The van der Waals surface area contributed by atoms with E-state index < -0.39 is 12.2 Å². The number of fused-ring (bicyclic) bond motifs is 3. The maximum Gasteiger partial charge on any atom is 0.332 e. The van der Waals surface area contributed by atoms with Gasteiger partial charge in [0.1, 0.15) is 12.2 Å². The van der Waals surface area contributed by atoms with Gasteiger partial charge >= 0.3 is 6.03 Å². The summed E-state index contributed by atoms with van der Waals surface area (Å²) in [4.78, 5) is 52.1. The van der Waals surface area contributed by atoms with Gasteiger partial charge in [0.05, 0.1) is 39.5 Å². The van der Waals surface area contributed by atoms with Crippen LogP contribution in [0.25, 0.3) is 10.2 Å². The second kappa shape index (κ2) is 11.9. The first-order chi connectivity index (χ1) is 21.6. The molecule has 45 heavy (non-hydrogen) atoms. The number of hydrogen-bond acceptors (Lipinski definition) is 9. The lowest BCUT2D eigenvalue weighted by Crippen LogP contribution is -2.66. The third-order valence-corrected chi connectivity index (χ3v) is 10.5. The minimum absolute atomic E-state index is 0.00823. The van der Waals surface area contributed by atoms with Gasteiger partial charge in [-0.1, -0.05) is 52.7 Å². The normalized spacial score (nSPS) is 26.1. The first-order valence-electron chi connectivity index (χ1n) is 15.1. The number of para-hydroxylation sites is 1. The number of rotatable bonds is 8. The van der Waals surface area contributed by atoms with E-state index in [2.05, 4.69) is 20.5 Å². The van der Waals surface area contributed by atoms with Gasteiger partial charge < -0.3 is 20.9 Å². The zero-order valence-electron chi connectivity index (χ0n) is 25.0. The van der Waals surface area contributed by atoms with Crippen LogP contribution in [0, 0.1) is 0 Å². The highest BCUT2D eigenvalue weighted by Crippen LogP contribution is 2.34. The number of carbonyl (C=O) groups is 3. The molecule has 4 N–H and O–H groups in total. The summed E-state index contributed by atoms with van der Waals surface area (Å²) in [6.45, 7) is 6.46. The quantitative estimate of drug-likeness (QED) is 0.312. The number of carbonyl (C=O) groups excluding carboxylic acids is 3. The van der Waals surface area contributed by atoms with Crippen LogP contribution >= 0.6 is 34.5 Å². The number of thiazole rings is 1. The van der Waals surface area contributed by atoms with Gasteiger partial charge in [-0.05, 0) is 49.6 Å². The van der Waals surface area contributed by atoms with Gasteiger partial charge in [-0.15, -0.1) is 0 Å². The van der Waals surface area contributed by atoms with E-state index >= 15 is 0 Å². The first kappa shape index (κ1) is 30.5. The minimum atomic E-state index is -0.662. The van der Waals surface area contributed by atoms with Crippen molar-refractivity contribution in [1.29, 1.82) is 0 Å². The molecule has 4 saturated heterocycles. The van der Waals surface area contributed by atoms with E-state index in [0.29, 0.717) is 34.3 Å². The number of hydrogen-bond donors (Lipinski definition) is 3. The van der Waals surface area contributed by atoms with Crippen LogP contribution in [0.2, 0.25) is 10.0 Å². The third kappa shape index (κ3) is 5.81. The number of nitrogens with one attached hydrogen (secondary N) is 2. The topological polar surface area (TPSA) is 130 Å². The van der Waals surface area contributed by atoms with Gasteiger partial charge in [0, 0.05) is 38.3 Å². The summed E-state index contributed by atoms with van der Waals surface area (Å²) in [5.74, 6) is -0.266. The molecular formula is C30H35Cl2N9O3S. The highest BCUT2D eigenvalue weighted by Gasteiger charge is 2.54. The molecule has 5 atom stereocenters. The molecule has 2 aromatic carbocycles. The van der Waals surface area contributed by atoms with Gasteiger partial charge in [-0.3, -0.25) is 24.8 Å². The lowest BCUT2D eigenvalue weighted by Gasteiger charge is -2.47. The van der Waals surface area contributed by atoms with Crippen molar-refractivity contribution in [2.75, 3.05) is 31.9 Å². The summed E-state index contributed by atoms with van der Waals surface area (Å²) >= 11 is 13.7. The summed E-state index contributed by atoms with van der Waals surface area (Å²) in [5.41, 5.74) is 8.49. The molecule has 0 radical (unpaired) electrons. The second-order valence-corrected chi connectivity index (χ2v) is 14.2. The zero-order chi connectivity index (χ0) is 31.6. The van der Waals surface area contributed by atoms with Gasteiger partial charge in [0.25, 0.3) is 0 Å². The minimum Gasteiger partial charge on any atom is -0.375 e. The molecule has 0 aliphatic carbocycles. The Kier molecular flexibility index (Phi) is 8.03. The van der Waals surface area contributed by atoms with Crippen molar-refractivity contribution in [2.24, 2.45) is 0 Å². The van der Waals surface area contributed by atoms with Crippen LogP contribution in [0.1, 0.15) is 31.4 Å². The van der Waals surface area contributed by atoms with Crippen LogP contribution in [-0.2, 0) is 22.7 Å². The number of urea groups is 1. The lowest BCUT2D eigenvalue weighted by molar-refractivity contribution is -0.159. The first-order valence-corrected chi connectivity index (χ1v) is 16.7. The standard InChI is InChI=1S/C30H35Cl2N9O3S/c1-16(2)41(30(44)34-10-17-6-7-20(31)21(32)8-17)39-15-26(42)40-22(9-19-12-37-13-24(37)35-19)28(43)38(14-25(39)40)11-18-4-3-5-23-27(18)36-29(33)45-23/h3-8,16,19,22,24-25,35H,9-15H2,1-2H3,(H2,33,36)(H,34,44)/t19?,22-,24-,25+,37-/m0/s1. The van der Waals surface area contributed by atoms with Crippen LogP contribution in [0.3, 0.4) is 0 Å². The second-order valence-electron chi connectivity index (χ2n) is 12.3. The smallest absolute Gasteiger partial charge is 0.332 e. The van der Waals surface area contributed by atoms with Crippen LogP contribution in [0.15, 0.2) is 36.4 Å². The lowest BCUT2D eigenvalue weighted by atomic mass is 10.00. The number of piperazine rings is 2. The van der Waals surface area contributed by atoms with Crippen molar-refractivity contribution in [3.63, 3.8) is 0 Å². The van der Waals surface area contributed by atoms with Crippen molar-refractivity contribution in [2.45, 2.75) is 63.8 Å². The number of nitrogens with two attached hydrogens (primary N) is 1. The molecule has 12 nitrogen and oxygen atoms in total. The van der Waals surface area contributed by atoms with Crippen LogP contribution < -0.4 is 16.4 Å². The molecule has 1 unspecified atom stereocenters. The molecule has 7 rings (SSSR count). The van der Waals surface area contributed by atoms with Gasteiger partial charge in [-0.2, -0.15) is 5.01 Å². The molecule has 1 aromatic heterocycles. The van der Waals surface area contributed by atoms with Gasteiger partial charge in [0.2, 0.25) is 11.8 Å². The Labute approximate surface area is 275 Å². The Balaban J connectivity index is 1.16. The number of benzene rings is 2. The summed E-state index contributed by atoms with van der Waals surface area (Å²) in [5, 5.41) is 11.3. The predicted octanol–water partition coefficient (Wildman–Crippen LogP) is 2.91. The van der Waals surface area contributed by atoms with E-state index in [0.717, 1.165) is 34.4 Å². The maximum atomic E-state index is 14.2. The Morgan fingerprint density at radius 3 is 2.73 bits per heavy atom. The third-order valence-electron chi connectivity index (χ3n) is 8.95. The van der Waals surface area contributed by atoms with Gasteiger partial charge in [0.15, 0.2) is 5.13 Å². The number of nitrogens with zero attached hydrogens (tertiary/aromatic N) is 6.